The predicted octanol–water partition coefficient (Wildman–Crippen LogP) is 2.08. The monoisotopic (exact) mass is 152 g/mol. The van der Waals surface area contributed by atoms with E-state index in [1.54, 1.807) is 0 Å². The zero-order valence-electron chi connectivity index (χ0n) is 6.97. The maximum Gasteiger partial charge on any atom is 0.128 e. The minimum absolute atomic E-state index is 0.496. The highest BCUT2D eigenvalue weighted by molar-refractivity contribution is 5.55. The van der Waals surface area contributed by atoms with E-state index < -0.39 is 0 Å². The molecule has 0 N–H and O–H groups in total. The van der Waals surface area contributed by atoms with Crippen molar-refractivity contribution in [2.75, 3.05) is 6.61 Å². The second-order valence-corrected chi connectivity index (χ2v) is 2.14. The highest BCUT2D eigenvalue weighted by Gasteiger charge is 1.81. The fraction of sp³-hybridized carbons (Fsp3) is 0.667. The third kappa shape index (κ3) is 9.03. The summed E-state index contributed by atoms with van der Waals surface area (Å²) in [5.74, 6) is 2.46. The van der Waals surface area contributed by atoms with Gasteiger partial charge in [-0.05, 0) is 12.8 Å². The molecule has 0 heterocycles. The second-order valence-electron chi connectivity index (χ2n) is 2.14. The lowest BCUT2D eigenvalue weighted by molar-refractivity contribution is 0.151. The van der Waals surface area contributed by atoms with Crippen LogP contribution in [0.25, 0.3) is 0 Å². The number of rotatable bonds is 6. The van der Waals surface area contributed by atoms with Crippen molar-refractivity contribution in [3.63, 3.8) is 0 Å². The molecule has 0 amide bonds. The van der Waals surface area contributed by atoms with Crippen LogP contribution in [0.15, 0.2) is 5.16 Å². The average molecular weight is 152 g/mol. The quantitative estimate of drug-likeness (QED) is 0.247. The summed E-state index contributed by atoms with van der Waals surface area (Å²) in [6.45, 7) is 2.62. The Hall–Kier alpha value is -0.970. The number of hydrogen-bond donors (Lipinski definition) is 0. The first-order valence-electron chi connectivity index (χ1n) is 3.90. The second kappa shape index (κ2) is 9.03. The maximum absolute atomic E-state index is 5.00. The first-order chi connectivity index (χ1) is 5.41. The predicted molar refractivity (Wildman–Crippen MR) is 46.4 cm³/mol. The van der Waals surface area contributed by atoms with Crippen molar-refractivity contribution >= 4 is 6.21 Å². The van der Waals surface area contributed by atoms with E-state index in [2.05, 4.69) is 24.2 Å². The van der Waals surface area contributed by atoms with Crippen LogP contribution in [0.2, 0.25) is 0 Å². The lowest BCUT2D eigenvalue weighted by Crippen LogP contribution is -1.85. The van der Waals surface area contributed by atoms with E-state index in [9.17, 15) is 0 Å². The molecule has 0 atom stereocenters. The Balaban J connectivity index is 2.98. The molecule has 0 saturated carbocycles. The van der Waals surface area contributed by atoms with Gasteiger partial charge in [-0.3, -0.25) is 0 Å². The van der Waals surface area contributed by atoms with Gasteiger partial charge in [-0.2, -0.15) is 0 Å². The standard InChI is InChI=1S/C9H14NO/c1-3-5-7-8-10-11-9-6-4-2/h2H,3,5-7,9H2,1H3. The van der Waals surface area contributed by atoms with Gasteiger partial charge < -0.3 is 4.84 Å². The van der Waals surface area contributed by atoms with Crippen LogP contribution in [0, 0.1) is 12.3 Å². The van der Waals surface area contributed by atoms with Gasteiger partial charge in [0.1, 0.15) is 12.8 Å². The van der Waals surface area contributed by atoms with E-state index in [0.717, 1.165) is 19.3 Å². The fourth-order valence-electron chi connectivity index (χ4n) is 0.497. The lowest BCUT2D eigenvalue weighted by atomic mass is 10.3. The van der Waals surface area contributed by atoms with Crippen LogP contribution >= 0.6 is 0 Å². The van der Waals surface area contributed by atoms with Crippen molar-refractivity contribution in [2.45, 2.75) is 32.6 Å². The minimum Gasteiger partial charge on any atom is -0.395 e. The Labute approximate surface area is 68.6 Å². The van der Waals surface area contributed by atoms with Crippen molar-refractivity contribution in [2.24, 2.45) is 5.16 Å². The van der Waals surface area contributed by atoms with Gasteiger partial charge in [0.25, 0.3) is 0 Å². The molecule has 0 aromatic rings. The molecule has 0 rings (SSSR count). The molecule has 61 valence electrons. The van der Waals surface area contributed by atoms with Crippen molar-refractivity contribution in [3.05, 3.63) is 0 Å². The molecular formula is C9H14NO. The van der Waals surface area contributed by atoms with E-state index in [0.29, 0.717) is 13.0 Å². The van der Waals surface area contributed by atoms with Gasteiger partial charge in [0.05, 0.1) is 0 Å². The topological polar surface area (TPSA) is 21.6 Å². The van der Waals surface area contributed by atoms with Crippen LogP contribution in [-0.4, -0.2) is 12.8 Å². The Kier molecular flexibility index (Phi) is 8.23. The molecule has 0 aliphatic carbocycles. The fourth-order valence-corrected chi connectivity index (χ4v) is 0.497. The Morgan fingerprint density at radius 2 is 2.27 bits per heavy atom. The summed E-state index contributed by atoms with van der Waals surface area (Å²) in [5.41, 5.74) is 0. The Bertz CT molecular complexity index is 135. The summed E-state index contributed by atoms with van der Waals surface area (Å²) in [6, 6.07) is 0. The molecule has 0 fully saturated rings. The van der Waals surface area contributed by atoms with Gasteiger partial charge in [-0.15, -0.1) is 12.3 Å². The smallest absolute Gasteiger partial charge is 0.128 e. The van der Waals surface area contributed by atoms with E-state index in [1.807, 2.05) is 0 Å². The molecule has 0 bridgehead atoms. The van der Waals surface area contributed by atoms with Gasteiger partial charge in [0.2, 0.25) is 0 Å². The highest BCUT2D eigenvalue weighted by Crippen LogP contribution is 1.90. The van der Waals surface area contributed by atoms with Crippen LogP contribution in [0.4, 0.5) is 0 Å². The largest absolute Gasteiger partial charge is 0.395 e. The van der Waals surface area contributed by atoms with Crippen molar-refractivity contribution in [3.8, 4) is 12.3 Å². The number of terminal acetylenes is 1. The van der Waals surface area contributed by atoms with Crippen molar-refractivity contribution in [1.29, 1.82) is 0 Å². The highest BCUT2D eigenvalue weighted by atomic mass is 16.6. The van der Waals surface area contributed by atoms with Gasteiger partial charge >= 0.3 is 0 Å². The summed E-state index contributed by atoms with van der Waals surface area (Å²) < 4.78 is 0. The third-order valence-corrected chi connectivity index (χ3v) is 1.11. The molecule has 0 aromatic carbocycles. The summed E-state index contributed by atoms with van der Waals surface area (Å²) in [7, 11) is 0. The van der Waals surface area contributed by atoms with Crippen LogP contribution in [0.3, 0.4) is 0 Å². The summed E-state index contributed by atoms with van der Waals surface area (Å²) >= 11 is 0. The third-order valence-electron chi connectivity index (χ3n) is 1.11. The van der Waals surface area contributed by atoms with E-state index in [-0.39, 0.29) is 0 Å². The number of nitrogens with zero attached hydrogens (tertiary/aromatic N) is 1. The average Bonchev–Trinajstić information content (AvgIpc) is 2.03. The maximum atomic E-state index is 5.00. The molecule has 2 nitrogen and oxygen atoms in total. The molecular weight excluding hydrogens is 138 g/mol. The van der Waals surface area contributed by atoms with Gasteiger partial charge in [0.15, 0.2) is 0 Å². The van der Waals surface area contributed by atoms with Crippen LogP contribution < -0.4 is 0 Å². The normalized spacial score (nSPS) is 9.82. The van der Waals surface area contributed by atoms with Crippen LogP contribution in [0.1, 0.15) is 32.6 Å². The van der Waals surface area contributed by atoms with Gasteiger partial charge in [-0.25, -0.2) is 0 Å². The van der Waals surface area contributed by atoms with E-state index >= 15 is 0 Å². The zero-order valence-corrected chi connectivity index (χ0v) is 6.97. The molecule has 0 spiro atoms. The van der Waals surface area contributed by atoms with Crippen molar-refractivity contribution < 1.29 is 4.84 Å². The van der Waals surface area contributed by atoms with Gasteiger partial charge in [0, 0.05) is 6.42 Å². The van der Waals surface area contributed by atoms with Crippen LogP contribution in [-0.2, 0) is 4.84 Å². The zero-order chi connectivity index (χ0) is 8.36. The van der Waals surface area contributed by atoms with Crippen molar-refractivity contribution in [1.82, 2.24) is 0 Å². The molecule has 0 aliphatic rings. The minimum atomic E-state index is 0.496. The van der Waals surface area contributed by atoms with Gasteiger partial charge in [-0.1, -0.05) is 18.5 Å². The first kappa shape index (κ1) is 10.0. The molecule has 11 heavy (non-hydrogen) atoms. The lowest BCUT2D eigenvalue weighted by Gasteiger charge is -1.91. The van der Waals surface area contributed by atoms with E-state index in [4.69, 9.17) is 11.3 Å². The molecule has 0 aliphatic heterocycles. The molecule has 0 saturated heterocycles. The summed E-state index contributed by atoms with van der Waals surface area (Å²) in [6.07, 6.45) is 11.5. The van der Waals surface area contributed by atoms with Crippen LogP contribution in [0.5, 0.6) is 0 Å². The summed E-state index contributed by atoms with van der Waals surface area (Å²) in [5, 5.41) is 3.60. The Morgan fingerprint density at radius 3 is 2.91 bits per heavy atom. The molecule has 0 aromatic heterocycles. The molecule has 2 heteroatoms. The summed E-state index contributed by atoms with van der Waals surface area (Å²) in [4.78, 5) is 4.79. The molecule has 1 radical (unpaired) electrons. The molecule has 0 unspecified atom stereocenters. The Morgan fingerprint density at radius 1 is 1.45 bits per heavy atom. The number of hydrogen-bond acceptors (Lipinski definition) is 2. The first-order valence-corrected chi connectivity index (χ1v) is 3.90. The number of unbranched alkanes of at least 4 members (excludes halogenated alkanes) is 2. The van der Waals surface area contributed by atoms with E-state index in [1.165, 1.54) is 0 Å². The SMILES string of the molecule is C#CCCO/N=[C]/CCCC.